The van der Waals surface area contributed by atoms with E-state index < -0.39 is 0 Å². The maximum absolute atomic E-state index is 2.45. The summed E-state index contributed by atoms with van der Waals surface area (Å²) in [5.74, 6) is 0.669. The molecule has 0 heterocycles. The van der Waals surface area contributed by atoms with E-state index in [0.29, 0.717) is 16.7 Å². The maximum Gasteiger partial charge on any atom is -0.00395 e. The minimum absolute atomic E-state index is 0.410. The van der Waals surface area contributed by atoms with Crippen molar-refractivity contribution in [1.29, 1.82) is 0 Å². The van der Waals surface area contributed by atoms with Crippen LogP contribution in [0.3, 0.4) is 0 Å². The molecule has 0 spiro atoms. The summed E-state index contributed by atoms with van der Waals surface area (Å²) in [5, 5.41) is 0. The Hall–Kier alpha value is -0.520. The molecule has 0 N–H and O–H groups in total. The molecule has 1 atom stereocenters. The standard InChI is InChI=1S/C15H26/c1-14(2,3)10-12-7-8-13(9-12)11-15(4,5)6/h7-9,12H,10-11H2,1-6H3. The first-order chi connectivity index (χ1) is 6.66. The highest BCUT2D eigenvalue weighted by Crippen LogP contribution is 2.33. The second kappa shape index (κ2) is 4.15. The first-order valence-electron chi connectivity index (χ1n) is 6.05. The predicted molar refractivity (Wildman–Crippen MR) is 68.9 cm³/mol. The number of allylic oxidation sites excluding steroid dienone is 4. The molecule has 0 bridgehead atoms. The molecular weight excluding hydrogens is 180 g/mol. The molecule has 0 radical (unpaired) electrons. The fourth-order valence-corrected chi connectivity index (χ4v) is 2.20. The zero-order chi connectivity index (χ0) is 11.7. The lowest BCUT2D eigenvalue weighted by molar-refractivity contribution is 0.351. The Balaban J connectivity index is 2.53. The van der Waals surface area contributed by atoms with Gasteiger partial charge in [0.25, 0.3) is 0 Å². The molecule has 15 heavy (non-hydrogen) atoms. The fraction of sp³-hybridized carbons (Fsp3) is 0.733. The lowest BCUT2D eigenvalue weighted by Gasteiger charge is -2.21. The van der Waals surface area contributed by atoms with E-state index in [4.69, 9.17) is 0 Å². The summed E-state index contributed by atoms with van der Waals surface area (Å²) in [5.41, 5.74) is 2.37. The molecule has 1 aliphatic rings. The number of rotatable bonds is 2. The second-order valence-electron chi connectivity index (χ2n) is 7.27. The maximum atomic E-state index is 2.45. The summed E-state index contributed by atoms with van der Waals surface area (Å²) in [4.78, 5) is 0. The summed E-state index contributed by atoms with van der Waals surface area (Å²) < 4.78 is 0. The number of hydrogen-bond acceptors (Lipinski definition) is 0. The predicted octanol–water partition coefficient (Wildman–Crippen LogP) is 4.97. The van der Waals surface area contributed by atoms with Gasteiger partial charge in [-0.05, 0) is 29.6 Å². The van der Waals surface area contributed by atoms with E-state index in [1.54, 1.807) is 0 Å². The largest absolute Gasteiger partial charge is 0.0773 e. The molecule has 0 aromatic rings. The van der Waals surface area contributed by atoms with Crippen molar-refractivity contribution in [2.45, 2.75) is 54.4 Å². The van der Waals surface area contributed by atoms with E-state index in [0.717, 1.165) is 0 Å². The molecule has 0 aromatic heterocycles. The Kier molecular flexibility index (Phi) is 3.48. The minimum Gasteiger partial charge on any atom is -0.0773 e. The molecule has 0 aromatic carbocycles. The highest BCUT2D eigenvalue weighted by atomic mass is 14.3. The third-order valence-electron chi connectivity index (χ3n) is 2.57. The Morgan fingerprint density at radius 1 is 1.00 bits per heavy atom. The fourth-order valence-electron chi connectivity index (χ4n) is 2.20. The van der Waals surface area contributed by atoms with Gasteiger partial charge in [-0.15, -0.1) is 0 Å². The SMILES string of the molecule is CC(C)(C)CC1=CC(CC(C)(C)C)C=C1. The monoisotopic (exact) mass is 206 g/mol. The third kappa shape index (κ3) is 5.20. The topological polar surface area (TPSA) is 0 Å². The smallest absolute Gasteiger partial charge is 0.00395 e. The molecule has 1 aliphatic carbocycles. The summed E-state index contributed by atoms with van der Waals surface area (Å²) in [7, 11) is 0. The summed E-state index contributed by atoms with van der Waals surface area (Å²) >= 11 is 0. The Bertz CT molecular complexity index is 265. The van der Waals surface area contributed by atoms with Crippen LogP contribution in [0.1, 0.15) is 54.4 Å². The van der Waals surface area contributed by atoms with Crippen molar-refractivity contribution in [1.82, 2.24) is 0 Å². The average Bonchev–Trinajstić information content (AvgIpc) is 2.28. The molecule has 1 unspecified atom stereocenters. The number of hydrogen-bond donors (Lipinski definition) is 0. The van der Waals surface area contributed by atoms with Gasteiger partial charge in [0, 0.05) is 0 Å². The zero-order valence-electron chi connectivity index (χ0n) is 11.2. The minimum atomic E-state index is 0.410. The van der Waals surface area contributed by atoms with Gasteiger partial charge >= 0.3 is 0 Å². The Morgan fingerprint density at radius 2 is 1.60 bits per heavy atom. The van der Waals surface area contributed by atoms with Crippen LogP contribution < -0.4 is 0 Å². The lowest BCUT2D eigenvalue weighted by atomic mass is 9.84. The van der Waals surface area contributed by atoms with Crippen LogP contribution in [0.5, 0.6) is 0 Å². The molecule has 86 valence electrons. The van der Waals surface area contributed by atoms with Crippen LogP contribution in [0.25, 0.3) is 0 Å². The van der Waals surface area contributed by atoms with Crippen LogP contribution in [0, 0.1) is 16.7 Å². The van der Waals surface area contributed by atoms with Crippen molar-refractivity contribution in [3.05, 3.63) is 23.8 Å². The van der Waals surface area contributed by atoms with Crippen molar-refractivity contribution in [2.24, 2.45) is 16.7 Å². The molecular formula is C15H26. The van der Waals surface area contributed by atoms with E-state index in [9.17, 15) is 0 Å². The molecule has 0 saturated heterocycles. The second-order valence-corrected chi connectivity index (χ2v) is 7.27. The molecule has 0 heteroatoms. The van der Waals surface area contributed by atoms with Crippen LogP contribution >= 0.6 is 0 Å². The van der Waals surface area contributed by atoms with Gasteiger partial charge in [0.05, 0.1) is 0 Å². The summed E-state index contributed by atoms with van der Waals surface area (Å²) in [6, 6.07) is 0. The van der Waals surface area contributed by atoms with Crippen LogP contribution in [0.2, 0.25) is 0 Å². The highest BCUT2D eigenvalue weighted by molar-refractivity contribution is 5.29. The zero-order valence-corrected chi connectivity index (χ0v) is 11.2. The molecule has 0 saturated carbocycles. The van der Waals surface area contributed by atoms with Crippen LogP contribution in [0.15, 0.2) is 23.8 Å². The summed E-state index contributed by atoms with van der Waals surface area (Å²) in [6.07, 6.45) is 9.60. The van der Waals surface area contributed by atoms with Crippen molar-refractivity contribution in [2.75, 3.05) is 0 Å². The molecule has 0 fully saturated rings. The normalized spacial score (nSPS) is 22.0. The van der Waals surface area contributed by atoms with Crippen molar-refractivity contribution in [3.8, 4) is 0 Å². The van der Waals surface area contributed by atoms with Gasteiger partial charge in [-0.25, -0.2) is 0 Å². The van der Waals surface area contributed by atoms with E-state index >= 15 is 0 Å². The lowest BCUT2D eigenvalue weighted by Crippen LogP contribution is -2.09. The average molecular weight is 206 g/mol. The van der Waals surface area contributed by atoms with Gasteiger partial charge in [0.15, 0.2) is 0 Å². The van der Waals surface area contributed by atoms with Gasteiger partial charge in [-0.2, -0.15) is 0 Å². The van der Waals surface area contributed by atoms with E-state index in [1.807, 2.05) is 0 Å². The van der Waals surface area contributed by atoms with Gasteiger partial charge in [0.1, 0.15) is 0 Å². The third-order valence-corrected chi connectivity index (χ3v) is 2.57. The van der Waals surface area contributed by atoms with Crippen molar-refractivity contribution in [3.63, 3.8) is 0 Å². The molecule has 0 nitrogen and oxygen atoms in total. The van der Waals surface area contributed by atoms with Crippen LogP contribution in [-0.4, -0.2) is 0 Å². The van der Waals surface area contributed by atoms with Gasteiger partial charge < -0.3 is 0 Å². The molecule has 0 amide bonds. The Morgan fingerprint density at radius 3 is 2.07 bits per heavy atom. The van der Waals surface area contributed by atoms with Gasteiger partial charge in [-0.1, -0.05) is 65.3 Å². The van der Waals surface area contributed by atoms with Gasteiger partial charge in [-0.3, -0.25) is 0 Å². The highest BCUT2D eigenvalue weighted by Gasteiger charge is 2.20. The van der Waals surface area contributed by atoms with Crippen LogP contribution in [0.4, 0.5) is 0 Å². The summed E-state index contributed by atoms with van der Waals surface area (Å²) in [6.45, 7) is 13.9. The van der Waals surface area contributed by atoms with E-state index in [2.05, 4.69) is 59.8 Å². The van der Waals surface area contributed by atoms with E-state index in [-0.39, 0.29) is 0 Å². The molecule has 1 rings (SSSR count). The van der Waals surface area contributed by atoms with Crippen LogP contribution in [-0.2, 0) is 0 Å². The van der Waals surface area contributed by atoms with Crippen molar-refractivity contribution < 1.29 is 0 Å². The van der Waals surface area contributed by atoms with Gasteiger partial charge in [0.2, 0.25) is 0 Å². The molecule has 0 aliphatic heterocycles. The first kappa shape index (κ1) is 12.5. The van der Waals surface area contributed by atoms with Crippen molar-refractivity contribution >= 4 is 0 Å². The quantitative estimate of drug-likeness (QED) is 0.598. The Labute approximate surface area is 95.5 Å². The first-order valence-corrected chi connectivity index (χ1v) is 6.05. The van der Waals surface area contributed by atoms with E-state index in [1.165, 1.54) is 18.4 Å².